The van der Waals surface area contributed by atoms with Crippen LogP contribution < -0.4 is 5.32 Å². The van der Waals surface area contributed by atoms with Crippen LogP contribution in [0.4, 0.5) is 0 Å². The molecule has 132 valence electrons. The van der Waals surface area contributed by atoms with E-state index in [1.807, 2.05) is 25.1 Å². The van der Waals surface area contributed by atoms with E-state index in [2.05, 4.69) is 30.4 Å². The van der Waals surface area contributed by atoms with E-state index in [9.17, 15) is 4.79 Å². The summed E-state index contributed by atoms with van der Waals surface area (Å²) in [5.41, 5.74) is 2.76. The highest BCUT2D eigenvalue weighted by atomic mass is 32.1. The molecule has 0 saturated heterocycles. The van der Waals surface area contributed by atoms with E-state index in [-0.39, 0.29) is 11.9 Å². The van der Waals surface area contributed by atoms with E-state index in [0.29, 0.717) is 12.2 Å². The molecule has 0 fully saturated rings. The third kappa shape index (κ3) is 3.21. The number of carbonyl (C=O) groups is 1. The quantitative estimate of drug-likeness (QED) is 0.564. The number of amides is 1. The number of hydrogen-bond donors (Lipinski definition) is 2. The minimum absolute atomic E-state index is 0.127. The number of aromatic amines is 1. The third-order valence-corrected chi connectivity index (χ3v) is 4.90. The molecule has 3 aromatic heterocycles. The largest absolute Gasteiger partial charge is 0.348 e. The predicted molar refractivity (Wildman–Crippen MR) is 98.1 cm³/mol. The van der Waals surface area contributed by atoms with Gasteiger partial charge in [0.05, 0.1) is 33.3 Å². The van der Waals surface area contributed by atoms with Crippen LogP contribution in [0.25, 0.3) is 15.9 Å². The lowest BCUT2D eigenvalue weighted by molar-refractivity contribution is -0.119. The van der Waals surface area contributed by atoms with E-state index in [0.717, 1.165) is 26.6 Å². The van der Waals surface area contributed by atoms with Crippen molar-refractivity contribution in [2.24, 2.45) is 0 Å². The first-order chi connectivity index (χ1) is 12.6. The molecule has 3 heterocycles. The van der Waals surface area contributed by atoms with Gasteiger partial charge in [0.2, 0.25) is 5.91 Å². The Morgan fingerprint density at radius 1 is 1.42 bits per heavy atom. The monoisotopic (exact) mass is 367 g/mol. The minimum Gasteiger partial charge on any atom is -0.348 e. The summed E-state index contributed by atoms with van der Waals surface area (Å²) in [4.78, 5) is 27.7. The highest BCUT2D eigenvalue weighted by molar-refractivity contribution is 7.18. The molecule has 2 N–H and O–H groups in total. The minimum atomic E-state index is -0.325. The Bertz CT molecular complexity index is 1050. The topological polar surface area (TPSA) is 101 Å². The maximum atomic E-state index is 11.7. The van der Waals surface area contributed by atoms with Crippen LogP contribution in [0.5, 0.6) is 0 Å². The standard InChI is InChI=1S/C17H17N7OS/c1-10(25)22-15(5-12-7-18-8-19-12)17-20-9-21-24(17)13-3-4-14-16(6-13)26-11(2)23-14/h3-4,6-9,15H,5H2,1-2H3,(H,18,19)(H,22,25)/t15-/m0/s1. The first kappa shape index (κ1) is 16.4. The van der Waals surface area contributed by atoms with Crippen molar-refractivity contribution in [2.75, 3.05) is 0 Å². The van der Waals surface area contributed by atoms with Crippen molar-refractivity contribution < 1.29 is 4.79 Å². The number of fused-ring (bicyclic) bond motifs is 1. The van der Waals surface area contributed by atoms with Gasteiger partial charge in [0, 0.05) is 25.2 Å². The van der Waals surface area contributed by atoms with Crippen LogP contribution in [0.1, 0.15) is 29.5 Å². The molecule has 1 amide bonds. The summed E-state index contributed by atoms with van der Waals surface area (Å²) in [6, 6.07) is 5.65. The molecule has 0 spiro atoms. The number of imidazole rings is 1. The van der Waals surface area contributed by atoms with Crippen molar-refractivity contribution in [3.8, 4) is 5.69 Å². The highest BCUT2D eigenvalue weighted by Gasteiger charge is 2.21. The normalized spacial score (nSPS) is 12.4. The number of benzene rings is 1. The number of H-pyrrole nitrogens is 1. The second-order valence-electron chi connectivity index (χ2n) is 5.95. The van der Waals surface area contributed by atoms with Crippen molar-refractivity contribution >= 4 is 27.5 Å². The van der Waals surface area contributed by atoms with Gasteiger partial charge in [0.1, 0.15) is 6.33 Å². The van der Waals surface area contributed by atoms with E-state index >= 15 is 0 Å². The zero-order valence-electron chi connectivity index (χ0n) is 14.3. The molecule has 26 heavy (non-hydrogen) atoms. The van der Waals surface area contributed by atoms with E-state index < -0.39 is 0 Å². The van der Waals surface area contributed by atoms with Crippen LogP contribution >= 0.6 is 11.3 Å². The third-order valence-electron chi connectivity index (χ3n) is 3.97. The molecular formula is C17H17N7OS. The fourth-order valence-corrected chi connectivity index (χ4v) is 3.78. The van der Waals surface area contributed by atoms with Gasteiger partial charge in [-0.25, -0.2) is 19.6 Å². The number of thiazole rings is 1. The first-order valence-electron chi connectivity index (χ1n) is 8.12. The molecule has 0 saturated carbocycles. The zero-order chi connectivity index (χ0) is 18.1. The molecule has 8 nitrogen and oxygen atoms in total. The molecular weight excluding hydrogens is 350 g/mol. The zero-order valence-corrected chi connectivity index (χ0v) is 15.1. The smallest absolute Gasteiger partial charge is 0.217 e. The van der Waals surface area contributed by atoms with Gasteiger partial charge in [-0.05, 0) is 25.1 Å². The fraction of sp³-hybridized carbons (Fsp3) is 0.235. The van der Waals surface area contributed by atoms with Gasteiger partial charge in [-0.2, -0.15) is 5.10 Å². The Morgan fingerprint density at radius 3 is 3.08 bits per heavy atom. The lowest BCUT2D eigenvalue weighted by atomic mass is 10.1. The van der Waals surface area contributed by atoms with E-state index in [4.69, 9.17) is 0 Å². The molecule has 4 aromatic rings. The molecule has 0 aliphatic carbocycles. The fourth-order valence-electron chi connectivity index (χ4n) is 2.92. The van der Waals surface area contributed by atoms with Gasteiger partial charge in [0.15, 0.2) is 5.82 Å². The van der Waals surface area contributed by atoms with Crippen molar-refractivity contribution in [3.63, 3.8) is 0 Å². The average molecular weight is 367 g/mol. The Labute approximate surface area is 153 Å². The first-order valence-corrected chi connectivity index (χ1v) is 8.93. The van der Waals surface area contributed by atoms with Crippen LogP contribution in [0.2, 0.25) is 0 Å². The maximum Gasteiger partial charge on any atom is 0.217 e. The molecule has 9 heteroatoms. The number of aromatic nitrogens is 6. The van der Waals surface area contributed by atoms with Crippen molar-refractivity contribution in [2.45, 2.75) is 26.3 Å². The summed E-state index contributed by atoms with van der Waals surface area (Å²) in [5, 5.41) is 8.34. The van der Waals surface area contributed by atoms with E-state index in [1.54, 1.807) is 28.5 Å². The summed E-state index contributed by atoms with van der Waals surface area (Å²) in [6.07, 6.45) is 5.39. The van der Waals surface area contributed by atoms with Crippen molar-refractivity contribution in [3.05, 3.63) is 53.6 Å². The number of nitrogens with zero attached hydrogens (tertiary/aromatic N) is 5. The van der Waals surface area contributed by atoms with Gasteiger partial charge in [-0.3, -0.25) is 4.79 Å². The lowest BCUT2D eigenvalue weighted by Gasteiger charge is -2.17. The van der Waals surface area contributed by atoms with Gasteiger partial charge >= 0.3 is 0 Å². The van der Waals surface area contributed by atoms with Crippen LogP contribution in [-0.4, -0.2) is 35.6 Å². The molecule has 0 unspecified atom stereocenters. The molecule has 1 aromatic carbocycles. The molecule has 4 rings (SSSR count). The van der Waals surface area contributed by atoms with Crippen molar-refractivity contribution in [1.29, 1.82) is 0 Å². The number of rotatable bonds is 5. The number of nitrogens with one attached hydrogen (secondary N) is 2. The van der Waals surface area contributed by atoms with Gasteiger partial charge < -0.3 is 10.3 Å². The SMILES string of the molecule is CC(=O)N[C@@H](Cc1cnc[nH]1)c1ncnn1-c1ccc2nc(C)sc2c1. The molecule has 1 atom stereocenters. The van der Waals surface area contributed by atoms with Crippen LogP contribution in [-0.2, 0) is 11.2 Å². The van der Waals surface area contributed by atoms with Crippen LogP contribution in [0.3, 0.4) is 0 Å². The number of hydrogen-bond acceptors (Lipinski definition) is 6. The van der Waals surface area contributed by atoms with Crippen molar-refractivity contribution in [1.82, 2.24) is 35.0 Å². The second-order valence-corrected chi connectivity index (χ2v) is 7.18. The van der Waals surface area contributed by atoms with Crippen LogP contribution in [0.15, 0.2) is 37.1 Å². The average Bonchev–Trinajstić information content (AvgIpc) is 3.32. The van der Waals surface area contributed by atoms with Gasteiger partial charge in [-0.1, -0.05) is 0 Å². The van der Waals surface area contributed by atoms with Gasteiger partial charge in [-0.15, -0.1) is 11.3 Å². The number of carbonyl (C=O) groups excluding carboxylic acids is 1. The summed E-state index contributed by atoms with van der Waals surface area (Å²) in [6.45, 7) is 3.48. The maximum absolute atomic E-state index is 11.7. The Kier molecular flexibility index (Phi) is 4.21. The summed E-state index contributed by atoms with van der Waals surface area (Å²) >= 11 is 1.64. The van der Waals surface area contributed by atoms with Gasteiger partial charge in [0.25, 0.3) is 0 Å². The molecule has 0 aliphatic rings. The highest BCUT2D eigenvalue weighted by Crippen LogP contribution is 2.25. The summed E-state index contributed by atoms with van der Waals surface area (Å²) in [7, 11) is 0. The molecule has 0 aliphatic heterocycles. The Morgan fingerprint density at radius 2 is 2.31 bits per heavy atom. The molecule has 0 bridgehead atoms. The lowest BCUT2D eigenvalue weighted by Crippen LogP contribution is -2.30. The predicted octanol–water partition coefficient (Wildman–Crippen LogP) is 2.33. The second kappa shape index (κ2) is 6.68. The Hall–Kier alpha value is -3.07. The Balaban J connectivity index is 1.73. The van der Waals surface area contributed by atoms with Crippen LogP contribution in [0, 0.1) is 6.92 Å². The summed E-state index contributed by atoms with van der Waals surface area (Å²) < 4.78 is 2.84. The molecule has 0 radical (unpaired) electrons. The number of aryl methyl sites for hydroxylation is 1. The van der Waals surface area contributed by atoms with E-state index in [1.165, 1.54) is 13.3 Å². The summed E-state index contributed by atoms with van der Waals surface area (Å²) in [5.74, 6) is 0.535.